The Bertz CT molecular complexity index is 427. The number of nitrogens with zero attached hydrogens (tertiary/aromatic N) is 1. The molecule has 0 atom stereocenters. The van der Waals surface area contributed by atoms with E-state index in [-0.39, 0.29) is 0 Å². The van der Waals surface area contributed by atoms with E-state index in [4.69, 9.17) is 0 Å². The van der Waals surface area contributed by atoms with E-state index in [0.29, 0.717) is 5.92 Å². The van der Waals surface area contributed by atoms with Crippen LogP contribution in [0.4, 0.5) is 0 Å². The molecule has 0 amide bonds. The van der Waals surface area contributed by atoms with Crippen LogP contribution in [0.5, 0.6) is 0 Å². The summed E-state index contributed by atoms with van der Waals surface area (Å²) < 4.78 is 0. The Morgan fingerprint density at radius 1 is 1.32 bits per heavy atom. The summed E-state index contributed by atoms with van der Waals surface area (Å²) >= 11 is 1.79. The molecule has 3 nitrogen and oxygen atoms in total. The fourth-order valence-electron chi connectivity index (χ4n) is 1.70. The molecule has 1 rings (SSSR count). The van der Waals surface area contributed by atoms with E-state index in [2.05, 4.69) is 60.9 Å². The van der Waals surface area contributed by atoms with Crippen molar-refractivity contribution in [2.45, 2.75) is 32.2 Å². The van der Waals surface area contributed by atoms with Gasteiger partial charge in [-0.25, -0.2) is 0 Å². The van der Waals surface area contributed by atoms with E-state index in [1.165, 1.54) is 16.0 Å². The van der Waals surface area contributed by atoms with Gasteiger partial charge in [0.25, 0.3) is 0 Å². The Morgan fingerprint density at radius 3 is 2.63 bits per heavy atom. The lowest BCUT2D eigenvalue weighted by atomic mass is 10.1. The van der Waals surface area contributed by atoms with E-state index in [1.54, 1.807) is 18.8 Å². The molecule has 0 unspecified atom stereocenters. The molecule has 0 heterocycles. The van der Waals surface area contributed by atoms with Crippen LogP contribution in [0.1, 0.15) is 25.0 Å². The van der Waals surface area contributed by atoms with Crippen molar-refractivity contribution in [1.82, 2.24) is 10.6 Å². The minimum Gasteiger partial charge on any atom is -0.356 e. The summed E-state index contributed by atoms with van der Waals surface area (Å²) in [5.41, 5.74) is 2.61. The zero-order valence-electron chi connectivity index (χ0n) is 12.6. The second-order valence-corrected chi connectivity index (χ2v) is 5.86. The molecule has 0 aliphatic heterocycles. The number of benzene rings is 1. The van der Waals surface area contributed by atoms with Gasteiger partial charge in [0.05, 0.1) is 0 Å². The van der Waals surface area contributed by atoms with Crippen LogP contribution in [-0.2, 0) is 6.54 Å². The van der Waals surface area contributed by atoms with Gasteiger partial charge < -0.3 is 10.6 Å². The molecular formula is C15H25N3S. The van der Waals surface area contributed by atoms with Crippen molar-refractivity contribution in [2.24, 2.45) is 10.9 Å². The van der Waals surface area contributed by atoms with Crippen LogP contribution in [0, 0.1) is 12.8 Å². The largest absolute Gasteiger partial charge is 0.356 e. The molecule has 0 spiro atoms. The second kappa shape index (κ2) is 8.10. The third-order valence-corrected chi connectivity index (χ3v) is 3.61. The molecule has 0 aliphatic rings. The molecule has 19 heavy (non-hydrogen) atoms. The first-order valence-electron chi connectivity index (χ1n) is 6.64. The fourth-order valence-corrected chi connectivity index (χ4v) is 2.40. The first-order valence-corrected chi connectivity index (χ1v) is 7.87. The summed E-state index contributed by atoms with van der Waals surface area (Å²) in [5, 5.41) is 6.68. The summed E-state index contributed by atoms with van der Waals surface area (Å²) in [6, 6.07) is 6.57. The molecule has 106 valence electrons. The van der Waals surface area contributed by atoms with Crippen LogP contribution in [-0.4, -0.2) is 25.8 Å². The number of hydrogen-bond acceptors (Lipinski definition) is 2. The van der Waals surface area contributed by atoms with Gasteiger partial charge >= 0.3 is 0 Å². The maximum Gasteiger partial charge on any atom is 0.191 e. The van der Waals surface area contributed by atoms with Crippen molar-refractivity contribution in [3.8, 4) is 0 Å². The molecule has 2 N–H and O–H groups in total. The summed E-state index contributed by atoms with van der Waals surface area (Å²) in [7, 11) is 1.81. The van der Waals surface area contributed by atoms with Crippen molar-refractivity contribution in [3.63, 3.8) is 0 Å². The van der Waals surface area contributed by atoms with Crippen molar-refractivity contribution < 1.29 is 0 Å². The topological polar surface area (TPSA) is 36.4 Å². The molecule has 0 saturated carbocycles. The number of aliphatic imine (C=N–C) groups is 1. The zero-order valence-corrected chi connectivity index (χ0v) is 13.4. The van der Waals surface area contributed by atoms with Crippen LogP contribution < -0.4 is 10.6 Å². The number of aryl methyl sites for hydroxylation is 1. The highest BCUT2D eigenvalue weighted by Gasteiger charge is 2.04. The highest BCUT2D eigenvalue weighted by atomic mass is 32.2. The third-order valence-electron chi connectivity index (χ3n) is 2.79. The van der Waals surface area contributed by atoms with E-state index >= 15 is 0 Å². The predicted molar refractivity (Wildman–Crippen MR) is 86.0 cm³/mol. The Balaban J connectivity index is 2.60. The zero-order chi connectivity index (χ0) is 14.3. The van der Waals surface area contributed by atoms with Crippen LogP contribution >= 0.6 is 11.8 Å². The van der Waals surface area contributed by atoms with Gasteiger partial charge in [-0.05, 0) is 36.3 Å². The minimum absolute atomic E-state index is 0.611. The van der Waals surface area contributed by atoms with E-state index in [9.17, 15) is 0 Å². The van der Waals surface area contributed by atoms with Crippen LogP contribution in [0.15, 0.2) is 28.1 Å². The predicted octanol–water partition coefficient (Wildman–Crippen LogP) is 3.04. The minimum atomic E-state index is 0.611. The summed E-state index contributed by atoms with van der Waals surface area (Å²) in [4.78, 5) is 5.56. The number of guanidine groups is 1. The van der Waals surface area contributed by atoms with Gasteiger partial charge in [-0.1, -0.05) is 26.0 Å². The smallest absolute Gasteiger partial charge is 0.191 e. The Morgan fingerprint density at radius 2 is 2.05 bits per heavy atom. The van der Waals surface area contributed by atoms with E-state index in [0.717, 1.165) is 19.0 Å². The van der Waals surface area contributed by atoms with Crippen molar-refractivity contribution >= 4 is 17.7 Å². The molecular weight excluding hydrogens is 254 g/mol. The molecule has 0 aliphatic carbocycles. The van der Waals surface area contributed by atoms with Gasteiger partial charge in [-0.3, -0.25) is 4.99 Å². The first-order chi connectivity index (χ1) is 9.06. The number of nitrogens with one attached hydrogen (secondary N) is 2. The monoisotopic (exact) mass is 279 g/mol. The molecule has 1 aromatic carbocycles. The summed E-state index contributed by atoms with van der Waals surface area (Å²) in [5.74, 6) is 1.47. The molecule has 0 aromatic heterocycles. The lowest BCUT2D eigenvalue weighted by Gasteiger charge is -2.15. The van der Waals surface area contributed by atoms with Crippen molar-refractivity contribution in [3.05, 3.63) is 29.3 Å². The van der Waals surface area contributed by atoms with Gasteiger partial charge in [0.1, 0.15) is 0 Å². The van der Waals surface area contributed by atoms with Crippen molar-refractivity contribution in [1.29, 1.82) is 0 Å². The first kappa shape index (κ1) is 15.9. The molecule has 4 heteroatoms. The second-order valence-electron chi connectivity index (χ2n) is 5.02. The Kier molecular flexibility index (Phi) is 6.78. The maximum atomic E-state index is 4.24. The lowest BCUT2D eigenvalue weighted by Crippen LogP contribution is -2.38. The molecule has 0 radical (unpaired) electrons. The highest BCUT2D eigenvalue weighted by Crippen LogP contribution is 2.21. The van der Waals surface area contributed by atoms with Gasteiger partial charge in [0.2, 0.25) is 0 Å². The standard InChI is InChI=1S/C15H25N3S/c1-11(2)9-17-15(16-4)18-10-13-7-6-12(3)8-14(13)19-5/h6-8,11H,9-10H2,1-5H3,(H2,16,17,18). The average Bonchev–Trinajstić information content (AvgIpc) is 2.39. The Labute approximate surface area is 121 Å². The van der Waals surface area contributed by atoms with Gasteiger partial charge in [-0.2, -0.15) is 0 Å². The van der Waals surface area contributed by atoms with Crippen LogP contribution in [0.2, 0.25) is 0 Å². The number of hydrogen-bond donors (Lipinski definition) is 2. The molecule has 0 fully saturated rings. The van der Waals surface area contributed by atoms with Gasteiger partial charge in [0, 0.05) is 25.0 Å². The quantitative estimate of drug-likeness (QED) is 0.494. The fraction of sp³-hybridized carbons (Fsp3) is 0.533. The van der Waals surface area contributed by atoms with Crippen LogP contribution in [0.3, 0.4) is 0 Å². The molecule has 1 aromatic rings. The van der Waals surface area contributed by atoms with Gasteiger partial charge in [0.15, 0.2) is 5.96 Å². The van der Waals surface area contributed by atoms with E-state index in [1.807, 2.05) is 0 Å². The van der Waals surface area contributed by atoms with E-state index < -0.39 is 0 Å². The number of rotatable bonds is 5. The average molecular weight is 279 g/mol. The summed E-state index contributed by atoms with van der Waals surface area (Å²) in [6.45, 7) is 8.23. The normalized spacial score (nSPS) is 11.8. The van der Waals surface area contributed by atoms with Crippen molar-refractivity contribution in [2.75, 3.05) is 19.8 Å². The number of thioether (sulfide) groups is 1. The third kappa shape index (κ3) is 5.55. The SMILES string of the molecule is CN=C(NCc1ccc(C)cc1SC)NCC(C)C. The summed E-state index contributed by atoms with van der Waals surface area (Å²) in [6.07, 6.45) is 2.12. The van der Waals surface area contributed by atoms with Crippen LogP contribution in [0.25, 0.3) is 0 Å². The maximum absolute atomic E-state index is 4.24. The molecule has 0 saturated heterocycles. The highest BCUT2D eigenvalue weighted by molar-refractivity contribution is 7.98. The lowest BCUT2D eigenvalue weighted by molar-refractivity contribution is 0.614. The van der Waals surface area contributed by atoms with Gasteiger partial charge in [-0.15, -0.1) is 11.8 Å². The molecule has 0 bridgehead atoms. The Hall–Kier alpha value is -1.16.